The summed E-state index contributed by atoms with van der Waals surface area (Å²) in [5, 5.41) is 0. The second-order valence-corrected chi connectivity index (χ2v) is 4.09. The number of ketones is 1. The summed E-state index contributed by atoms with van der Waals surface area (Å²) in [5.41, 5.74) is 6.90. The van der Waals surface area contributed by atoms with E-state index in [0.717, 1.165) is 10.0 Å². The predicted octanol–water partition coefficient (Wildman–Crippen LogP) is 2.30. The quantitative estimate of drug-likeness (QED) is 0.855. The number of methoxy groups -OCH3 is 1. The van der Waals surface area contributed by atoms with E-state index in [2.05, 4.69) is 15.9 Å². The number of carbonyl (C=O) groups is 1. The maximum atomic E-state index is 11.8. The molecule has 4 heteroatoms. The Bertz CT molecular complexity index is 377. The highest BCUT2D eigenvalue weighted by molar-refractivity contribution is 9.10. The third-order valence-corrected chi connectivity index (χ3v) is 2.82. The summed E-state index contributed by atoms with van der Waals surface area (Å²) in [6.07, 6.45) is 0.332. The second kappa shape index (κ2) is 5.28. The predicted molar refractivity (Wildman–Crippen MR) is 63.4 cm³/mol. The molecule has 1 rings (SSSR count). The Labute approximate surface area is 97.7 Å². The van der Waals surface area contributed by atoms with E-state index in [1.54, 1.807) is 7.11 Å². The van der Waals surface area contributed by atoms with E-state index in [0.29, 0.717) is 24.3 Å². The first-order valence-electron chi connectivity index (χ1n) is 4.68. The third-order valence-electron chi connectivity index (χ3n) is 2.16. The molecule has 1 aromatic carbocycles. The van der Waals surface area contributed by atoms with Crippen LogP contribution in [-0.4, -0.2) is 19.4 Å². The summed E-state index contributed by atoms with van der Waals surface area (Å²) >= 11 is 3.35. The van der Waals surface area contributed by atoms with Crippen molar-refractivity contribution in [1.82, 2.24) is 0 Å². The summed E-state index contributed by atoms with van der Waals surface area (Å²) in [6.45, 7) is 2.26. The largest absolute Gasteiger partial charge is 0.496 e. The average molecular weight is 272 g/mol. The van der Waals surface area contributed by atoms with Crippen LogP contribution in [0.5, 0.6) is 5.75 Å². The molecule has 0 saturated carbocycles. The molecule has 2 N–H and O–H groups in total. The van der Waals surface area contributed by atoms with Gasteiger partial charge < -0.3 is 10.5 Å². The van der Waals surface area contributed by atoms with Crippen LogP contribution in [0.4, 0.5) is 0 Å². The van der Waals surface area contributed by atoms with Crippen LogP contribution in [0.1, 0.15) is 22.3 Å². The molecule has 3 nitrogen and oxygen atoms in total. The Balaban J connectivity index is 3.24. The molecular formula is C11H14BrNO2. The molecular weight excluding hydrogens is 258 g/mol. The molecule has 0 bridgehead atoms. The number of hydrogen-bond donors (Lipinski definition) is 1. The van der Waals surface area contributed by atoms with Crippen LogP contribution in [0.2, 0.25) is 0 Å². The standard InChI is InChI=1S/C11H14BrNO2/c1-7-3-4-8(12)10(11(7)15-2)9(14)5-6-13/h3-4H,5-6,13H2,1-2H3. The van der Waals surface area contributed by atoms with Gasteiger partial charge >= 0.3 is 0 Å². The maximum absolute atomic E-state index is 11.8. The average Bonchev–Trinajstić information content (AvgIpc) is 2.21. The molecule has 0 spiro atoms. The lowest BCUT2D eigenvalue weighted by molar-refractivity contribution is 0.0981. The van der Waals surface area contributed by atoms with Crippen molar-refractivity contribution >= 4 is 21.7 Å². The van der Waals surface area contributed by atoms with Crippen molar-refractivity contribution < 1.29 is 9.53 Å². The molecule has 1 aromatic rings. The van der Waals surface area contributed by atoms with Gasteiger partial charge in [0.25, 0.3) is 0 Å². The molecule has 0 aromatic heterocycles. The van der Waals surface area contributed by atoms with Crippen molar-refractivity contribution in [2.45, 2.75) is 13.3 Å². The van der Waals surface area contributed by atoms with Gasteiger partial charge in [-0.05, 0) is 41.0 Å². The van der Waals surface area contributed by atoms with Crippen LogP contribution in [0, 0.1) is 6.92 Å². The molecule has 15 heavy (non-hydrogen) atoms. The van der Waals surface area contributed by atoms with E-state index in [9.17, 15) is 4.79 Å². The molecule has 0 saturated heterocycles. The van der Waals surface area contributed by atoms with Crippen LogP contribution in [0.15, 0.2) is 16.6 Å². The van der Waals surface area contributed by atoms with Gasteiger partial charge in [-0.3, -0.25) is 4.79 Å². The van der Waals surface area contributed by atoms with Gasteiger partial charge in [-0.2, -0.15) is 0 Å². The minimum atomic E-state index is 0.00456. The molecule has 82 valence electrons. The first-order valence-corrected chi connectivity index (χ1v) is 5.47. The highest BCUT2D eigenvalue weighted by Crippen LogP contribution is 2.31. The first kappa shape index (κ1) is 12.2. The molecule has 0 aliphatic heterocycles. The van der Waals surface area contributed by atoms with E-state index in [4.69, 9.17) is 10.5 Å². The van der Waals surface area contributed by atoms with Crippen molar-refractivity contribution in [3.63, 3.8) is 0 Å². The summed E-state index contributed by atoms with van der Waals surface area (Å²) in [4.78, 5) is 11.8. The number of halogens is 1. The summed E-state index contributed by atoms with van der Waals surface area (Å²) in [5.74, 6) is 0.632. The lowest BCUT2D eigenvalue weighted by Crippen LogP contribution is -2.10. The highest BCUT2D eigenvalue weighted by atomic mass is 79.9. The van der Waals surface area contributed by atoms with Crippen LogP contribution in [0.3, 0.4) is 0 Å². The minimum absolute atomic E-state index is 0.00456. The Morgan fingerprint density at radius 3 is 2.73 bits per heavy atom. The minimum Gasteiger partial charge on any atom is -0.496 e. The van der Waals surface area contributed by atoms with E-state index in [-0.39, 0.29) is 5.78 Å². The number of ether oxygens (including phenoxy) is 1. The number of rotatable bonds is 4. The summed E-state index contributed by atoms with van der Waals surface area (Å²) < 4.78 is 5.99. The number of nitrogens with two attached hydrogens (primary N) is 1. The zero-order chi connectivity index (χ0) is 11.4. The lowest BCUT2D eigenvalue weighted by atomic mass is 10.0. The van der Waals surface area contributed by atoms with E-state index in [1.165, 1.54) is 0 Å². The van der Waals surface area contributed by atoms with Crippen LogP contribution >= 0.6 is 15.9 Å². The van der Waals surface area contributed by atoms with Gasteiger partial charge in [0.1, 0.15) is 5.75 Å². The van der Waals surface area contributed by atoms with Gasteiger partial charge in [0.2, 0.25) is 0 Å². The monoisotopic (exact) mass is 271 g/mol. The Kier molecular flexibility index (Phi) is 4.29. The van der Waals surface area contributed by atoms with Gasteiger partial charge in [0.15, 0.2) is 5.78 Å². The zero-order valence-corrected chi connectivity index (χ0v) is 10.4. The molecule has 0 fully saturated rings. The Morgan fingerprint density at radius 2 is 2.20 bits per heavy atom. The van der Waals surface area contributed by atoms with Gasteiger partial charge in [0.05, 0.1) is 12.7 Å². The van der Waals surface area contributed by atoms with Crippen molar-refractivity contribution in [1.29, 1.82) is 0 Å². The third kappa shape index (κ3) is 2.58. The first-order chi connectivity index (χ1) is 7.11. The van der Waals surface area contributed by atoms with Crippen molar-refractivity contribution in [3.8, 4) is 5.75 Å². The molecule has 0 unspecified atom stereocenters. The number of hydrogen-bond acceptors (Lipinski definition) is 3. The van der Waals surface area contributed by atoms with Gasteiger partial charge in [-0.1, -0.05) is 6.07 Å². The Hall–Kier alpha value is -0.870. The molecule has 0 aliphatic carbocycles. The van der Waals surface area contributed by atoms with Gasteiger partial charge in [-0.15, -0.1) is 0 Å². The van der Waals surface area contributed by atoms with Crippen LogP contribution in [0.25, 0.3) is 0 Å². The molecule has 0 aliphatic rings. The van der Waals surface area contributed by atoms with Crippen molar-refractivity contribution in [3.05, 3.63) is 27.7 Å². The fourth-order valence-electron chi connectivity index (χ4n) is 1.44. The smallest absolute Gasteiger partial charge is 0.169 e. The zero-order valence-electron chi connectivity index (χ0n) is 8.84. The maximum Gasteiger partial charge on any atom is 0.169 e. The number of aryl methyl sites for hydroxylation is 1. The number of Topliss-reactive ketones (excluding diaryl/α,β-unsaturated/α-hetero) is 1. The Morgan fingerprint density at radius 1 is 1.53 bits per heavy atom. The fraction of sp³-hybridized carbons (Fsp3) is 0.364. The molecule has 0 radical (unpaired) electrons. The SMILES string of the molecule is COc1c(C)ccc(Br)c1C(=O)CCN. The topological polar surface area (TPSA) is 52.3 Å². The summed E-state index contributed by atoms with van der Waals surface area (Å²) in [7, 11) is 1.56. The summed E-state index contributed by atoms with van der Waals surface area (Å²) in [6, 6.07) is 3.75. The molecule has 0 heterocycles. The number of carbonyl (C=O) groups excluding carboxylic acids is 1. The van der Waals surface area contributed by atoms with E-state index in [1.807, 2.05) is 19.1 Å². The van der Waals surface area contributed by atoms with Crippen molar-refractivity contribution in [2.24, 2.45) is 5.73 Å². The van der Waals surface area contributed by atoms with Crippen LogP contribution < -0.4 is 10.5 Å². The van der Waals surface area contributed by atoms with Gasteiger partial charge in [-0.25, -0.2) is 0 Å². The van der Waals surface area contributed by atoms with Gasteiger partial charge in [0, 0.05) is 10.9 Å². The molecule has 0 atom stereocenters. The van der Waals surface area contributed by atoms with E-state index >= 15 is 0 Å². The normalized spacial score (nSPS) is 10.1. The second-order valence-electron chi connectivity index (χ2n) is 3.23. The highest BCUT2D eigenvalue weighted by Gasteiger charge is 2.17. The molecule has 0 amide bonds. The number of benzene rings is 1. The van der Waals surface area contributed by atoms with Crippen LogP contribution in [-0.2, 0) is 0 Å². The van der Waals surface area contributed by atoms with Crippen molar-refractivity contribution in [2.75, 3.05) is 13.7 Å². The lowest BCUT2D eigenvalue weighted by Gasteiger charge is -2.11. The van der Waals surface area contributed by atoms with E-state index < -0.39 is 0 Å². The fourth-order valence-corrected chi connectivity index (χ4v) is 1.98.